The summed E-state index contributed by atoms with van der Waals surface area (Å²) >= 11 is 12.5. The highest BCUT2D eigenvalue weighted by Gasteiger charge is 2.33. The van der Waals surface area contributed by atoms with Gasteiger partial charge in [-0.3, -0.25) is 13.9 Å². The predicted octanol–water partition coefficient (Wildman–Crippen LogP) is 4.92. The predicted molar refractivity (Wildman–Crippen MR) is 153 cm³/mol. The number of hydrogen-bond donors (Lipinski definition) is 1. The lowest BCUT2D eigenvalue weighted by molar-refractivity contribution is -0.140. The summed E-state index contributed by atoms with van der Waals surface area (Å²) < 4.78 is 26.5. The Morgan fingerprint density at radius 3 is 2.13 bits per heavy atom. The standard InChI is InChI=1S/C28H31Cl2N3O4S/c1-20(2)31-28(35)26(17-21-10-5-4-6-11-21)32(18-22-12-9-13-23(29)16-22)27(34)19-33(38(3,36)37)25-15-8-7-14-24(25)30/h4-16,20,26H,17-19H2,1-3H3,(H,31,35). The Kier molecular flexibility index (Phi) is 10.2. The van der Waals surface area contributed by atoms with Crippen LogP contribution >= 0.6 is 23.2 Å². The lowest BCUT2D eigenvalue weighted by Crippen LogP contribution is -2.54. The van der Waals surface area contributed by atoms with E-state index in [0.29, 0.717) is 10.6 Å². The van der Waals surface area contributed by atoms with Gasteiger partial charge >= 0.3 is 0 Å². The molecule has 0 saturated heterocycles. The van der Waals surface area contributed by atoms with Gasteiger partial charge in [-0.1, -0.05) is 77.8 Å². The molecular formula is C28H31Cl2N3O4S. The number of anilines is 1. The van der Waals surface area contributed by atoms with E-state index >= 15 is 0 Å². The van der Waals surface area contributed by atoms with Crippen LogP contribution in [0.1, 0.15) is 25.0 Å². The zero-order valence-corrected chi connectivity index (χ0v) is 23.8. The van der Waals surface area contributed by atoms with Crippen LogP contribution in [0.5, 0.6) is 0 Å². The molecule has 3 aromatic carbocycles. The second-order valence-electron chi connectivity index (χ2n) is 9.24. The van der Waals surface area contributed by atoms with E-state index in [0.717, 1.165) is 16.1 Å². The van der Waals surface area contributed by atoms with Crippen LogP contribution in [0.4, 0.5) is 5.69 Å². The number of para-hydroxylation sites is 1. The summed E-state index contributed by atoms with van der Waals surface area (Å²) in [5.41, 5.74) is 1.73. The fourth-order valence-electron chi connectivity index (χ4n) is 4.02. The van der Waals surface area contributed by atoms with Crippen LogP contribution in [0, 0.1) is 0 Å². The highest BCUT2D eigenvalue weighted by Crippen LogP contribution is 2.28. The van der Waals surface area contributed by atoms with Crippen LogP contribution in [-0.2, 0) is 32.6 Å². The molecule has 1 N–H and O–H groups in total. The van der Waals surface area contributed by atoms with Gasteiger partial charge in [-0.2, -0.15) is 0 Å². The zero-order chi connectivity index (χ0) is 27.9. The second kappa shape index (κ2) is 13.1. The van der Waals surface area contributed by atoms with Crippen LogP contribution in [-0.4, -0.2) is 50.0 Å². The van der Waals surface area contributed by atoms with Crippen molar-refractivity contribution in [3.05, 3.63) is 100 Å². The fraction of sp³-hybridized carbons (Fsp3) is 0.286. The third-order valence-corrected chi connectivity index (χ3v) is 7.43. The van der Waals surface area contributed by atoms with E-state index in [-0.39, 0.29) is 35.6 Å². The van der Waals surface area contributed by atoms with Gasteiger partial charge in [-0.25, -0.2) is 8.42 Å². The van der Waals surface area contributed by atoms with Crippen molar-refractivity contribution in [1.29, 1.82) is 0 Å². The number of sulfonamides is 1. The molecule has 0 aliphatic rings. The maximum Gasteiger partial charge on any atom is 0.244 e. The Labute approximate surface area is 234 Å². The molecule has 38 heavy (non-hydrogen) atoms. The van der Waals surface area contributed by atoms with Crippen molar-refractivity contribution in [2.24, 2.45) is 0 Å². The molecule has 0 spiro atoms. The molecule has 0 aliphatic heterocycles. The van der Waals surface area contributed by atoms with E-state index in [1.54, 1.807) is 42.5 Å². The number of amides is 2. The molecular weight excluding hydrogens is 545 g/mol. The molecule has 0 aromatic heterocycles. The number of carbonyl (C=O) groups is 2. The van der Waals surface area contributed by atoms with Crippen molar-refractivity contribution < 1.29 is 18.0 Å². The van der Waals surface area contributed by atoms with Crippen molar-refractivity contribution in [2.45, 2.75) is 38.9 Å². The Morgan fingerprint density at radius 1 is 0.895 bits per heavy atom. The maximum atomic E-state index is 14.0. The largest absolute Gasteiger partial charge is 0.352 e. The van der Waals surface area contributed by atoms with E-state index in [9.17, 15) is 18.0 Å². The van der Waals surface area contributed by atoms with Gasteiger partial charge in [-0.15, -0.1) is 0 Å². The lowest BCUT2D eigenvalue weighted by Gasteiger charge is -2.34. The van der Waals surface area contributed by atoms with Gasteiger partial charge in [0.2, 0.25) is 21.8 Å². The SMILES string of the molecule is CC(C)NC(=O)C(Cc1ccccc1)N(Cc1cccc(Cl)c1)C(=O)CN(c1ccccc1Cl)S(C)(=O)=O. The molecule has 0 radical (unpaired) electrons. The molecule has 7 nitrogen and oxygen atoms in total. The maximum absolute atomic E-state index is 14.0. The smallest absolute Gasteiger partial charge is 0.244 e. The van der Waals surface area contributed by atoms with Crippen LogP contribution in [0.3, 0.4) is 0 Å². The van der Waals surface area contributed by atoms with E-state index in [1.165, 1.54) is 11.0 Å². The van der Waals surface area contributed by atoms with Gasteiger partial charge in [0.15, 0.2) is 0 Å². The summed E-state index contributed by atoms with van der Waals surface area (Å²) in [7, 11) is -3.89. The highest BCUT2D eigenvalue weighted by molar-refractivity contribution is 7.92. The molecule has 0 fully saturated rings. The molecule has 0 saturated carbocycles. The van der Waals surface area contributed by atoms with Gasteiger partial charge in [0.1, 0.15) is 12.6 Å². The summed E-state index contributed by atoms with van der Waals surface area (Å²) in [6.07, 6.45) is 1.24. The number of hydrogen-bond acceptors (Lipinski definition) is 4. The van der Waals surface area contributed by atoms with E-state index in [4.69, 9.17) is 23.2 Å². The van der Waals surface area contributed by atoms with Crippen molar-refractivity contribution in [1.82, 2.24) is 10.2 Å². The first-order valence-electron chi connectivity index (χ1n) is 12.1. The normalized spacial score (nSPS) is 12.2. The average Bonchev–Trinajstić information content (AvgIpc) is 2.84. The first-order valence-corrected chi connectivity index (χ1v) is 14.7. The van der Waals surface area contributed by atoms with Crippen molar-refractivity contribution in [3.63, 3.8) is 0 Å². The minimum absolute atomic E-state index is 0.0442. The van der Waals surface area contributed by atoms with Crippen molar-refractivity contribution in [3.8, 4) is 0 Å². The number of rotatable bonds is 11. The lowest BCUT2D eigenvalue weighted by atomic mass is 10.0. The molecule has 1 unspecified atom stereocenters. The first kappa shape index (κ1) is 29.5. The quantitative estimate of drug-likeness (QED) is 0.351. The Morgan fingerprint density at radius 2 is 1.53 bits per heavy atom. The summed E-state index contributed by atoms with van der Waals surface area (Å²) in [4.78, 5) is 28.9. The van der Waals surface area contributed by atoms with Gasteiger partial charge < -0.3 is 10.2 Å². The minimum atomic E-state index is -3.89. The Bertz CT molecular complexity index is 1370. The number of nitrogens with one attached hydrogen (secondary N) is 1. The highest BCUT2D eigenvalue weighted by atomic mass is 35.5. The van der Waals surface area contributed by atoms with E-state index in [1.807, 2.05) is 44.2 Å². The van der Waals surface area contributed by atoms with Crippen LogP contribution in [0.25, 0.3) is 0 Å². The van der Waals surface area contributed by atoms with Gasteiger partial charge in [0.25, 0.3) is 0 Å². The molecule has 0 heterocycles. The molecule has 3 rings (SSSR count). The van der Waals surface area contributed by atoms with Gasteiger partial charge in [0.05, 0.1) is 17.0 Å². The van der Waals surface area contributed by atoms with Crippen molar-refractivity contribution in [2.75, 3.05) is 17.1 Å². The molecule has 10 heteroatoms. The number of halogens is 2. The minimum Gasteiger partial charge on any atom is -0.352 e. The van der Waals surface area contributed by atoms with Crippen LogP contribution in [0.2, 0.25) is 10.0 Å². The molecule has 0 bridgehead atoms. The average molecular weight is 577 g/mol. The van der Waals surface area contributed by atoms with Crippen molar-refractivity contribution >= 4 is 50.7 Å². The number of carbonyl (C=O) groups excluding carboxylic acids is 2. The molecule has 3 aromatic rings. The third kappa shape index (κ3) is 8.21. The summed E-state index contributed by atoms with van der Waals surface area (Å²) in [5.74, 6) is -0.905. The first-order chi connectivity index (χ1) is 18.0. The Balaban J connectivity index is 2.07. The number of benzene rings is 3. The third-order valence-electron chi connectivity index (χ3n) is 5.74. The monoisotopic (exact) mass is 575 g/mol. The molecule has 202 valence electrons. The summed E-state index contributed by atoms with van der Waals surface area (Å²) in [6, 6.07) is 21.6. The van der Waals surface area contributed by atoms with Crippen LogP contribution < -0.4 is 9.62 Å². The molecule has 2 amide bonds. The van der Waals surface area contributed by atoms with Gasteiger partial charge in [0, 0.05) is 24.0 Å². The summed E-state index contributed by atoms with van der Waals surface area (Å²) in [5, 5.41) is 3.58. The summed E-state index contributed by atoms with van der Waals surface area (Å²) in [6.45, 7) is 3.18. The second-order valence-corrected chi connectivity index (χ2v) is 12.0. The van der Waals surface area contributed by atoms with Crippen LogP contribution in [0.15, 0.2) is 78.9 Å². The van der Waals surface area contributed by atoms with E-state index < -0.39 is 28.5 Å². The topological polar surface area (TPSA) is 86.8 Å². The molecule has 1 atom stereocenters. The zero-order valence-electron chi connectivity index (χ0n) is 21.5. The van der Waals surface area contributed by atoms with E-state index in [2.05, 4.69) is 5.32 Å². The Hall–Kier alpha value is -3.07. The number of nitrogens with zero attached hydrogens (tertiary/aromatic N) is 2. The van der Waals surface area contributed by atoms with Gasteiger partial charge in [-0.05, 0) is 49.2 Å². The fourth-order valence-corrected chi connectivity index (χ4v) is 5.38. The molecule has 0 aliphatic carbocycles.